The molecule has 1 amide bonds. The number of carbonyl (C=O) groups is 1. The van der Waals surface area contributed by atoms with Crippen LogP contribution in [0.1, 0.15) is 45.2 Å². The maximum absolute atomic E-state index is 14.3. The van der Waals surface area contributed by atoms with Gasteiger partial charge in [0.05, 0.1) is 50.4 Å². The van der Waals surface area contributed by atoms with Crippen LogP contribution in [-0.4, -0.2) is 65.8 Å². The van der Waals surface area contributed by atoms with Crippen LogP contribution < -0.4 is 25.4 Å². The Kier molecular flexibility index (Phi) is 9.15. The van der Waals surface area contributed by atoms with Gasteiger partial charge in [0.15, 0.2) is 11.5 Å². The Labute approximate surface area is 263 Å². The van der Waals surface area contributed by atoms with Gasteiger partial charge < -0.3 is 29.5 Å². The van der Waals surface area contributed by atoms with E-state index >= 15 is 0 Å². The SMILES string of the molecule is CCCCOc1ccc(-n2c3c(n(-c4cccc(N(C)C(=O)/C=C/C[N+](C)([O-])C5CC5)c4)c2=O)NC=C=C(C)C3=N)cc1OC. The van der Waals surface area contributed by atoms with Crippen LogP contribution in [0.3, 0.4) is 0 Å². The van der Waals surface area contributed by atoms with Gasteiger partial charge in [-0.25, -0.2) is 9.36 Å². The zero-order valence-corrected chi connectivity index (χ0v) is 26.4. The first-order chi connectivity index (χ1) is 21.6. The van der Waals surface area contributed by atoms with Gasteiger partial charge in [-0.1, -0.05) is 25.1 Å². The molecule has 236 valence electrons. The smallest absolute Gasteiger partial charge is 0.339 e. The highest BCUT2D eigenvalue weighted by atomic mass is 16.5. The number of ether oxygens (including phenoxy) is 2. The summed E-state index contributed by atoms with van der Waals surface area (Å²) in [5.41, 5.74) is 5.22. The Balaban J connectivity index is 1.53. The van der Waals surface area contributed by atoms with Crippen molar-refractivity contribution in [1.29, 1.82) is 5.41 Å². The number of likely N-dealkylation sites (N-methyl/N-ethyl adjacent to an activating group) is 2. The molecule has 2 aliphatic rings. The van der Waals surface area contributed by atoms with Gasteiger partial charge in [0.25, 0.3) is 5.91 Å². The van der Waals surface area contributed by atoms with Crippen molar-refractivity contribution in [3.05, 3.63) is 93.5 Å². The third-order valence-electron chi connectivity index (χ3n) is 8.18. The lowest BCUT2D eigenvalue weighted by Gasteiger charge is -2.38. The molecule has 3 aromatic rings. The van der Waals surface area contributed by atoms with Gasteiger partial charge in [-0.15, -0.1) is 0 Å². The number of nitrogens with one attached hydrogen (secondary N) is 2. The van der Waals surface area contributed by atoms with Gasteiger partial charge in [-0.2, -0.15) is 0 Å². The minimum Gasteiger partial charge on any atom is -0.633 e. The number of nitrogens with zero attached hydrogens (tertiary/aromatic N) is 4. The molecule has 1 fully saturated rings. The third kappa shape index (κ3) is 6.51. The molecule has 45 heavy (non-hydrogen) atoms. The fourth-order valence-corrected chi connectivity index (χ4v) is 5.26. The first kappa shape index (κ1) is 31.6. The Morgan fingerprint density at radius 2 is 1.96 bits per heavy atom. The van der Waals surface area contributed by atoms with Crippen molar-refractivity contribution < 1.29 is 18.9 Å². The van der Waals surface area contributed by atoms with Gasteiger partial charge in [-0.05, 0) is 49.8 Å². The van der Waals surface area contributed by atoms with Gasteiger partial charge in [0.2, 0.25) is 0 Å². The maximum Gasteiger partial charge on any atom is 0.339 e. The second-order valence-corrected chi connectivity index (χ2v) is 11.5. The molecule has 2 heterocycles. The lowest BCUT2D eigenvalue weighted by Crippen LogP contribution is -2.40. The minimum absolute atomic E-state index is 0.113. The topological polar surface area (TPSA) is 125 Å². The fourth-order valence-electron chi connectivity index (χ4n) is 5.26. The van der Waals surface area contributed by atoms with E-state index in [4.69, 9.17) is 14.9 Å². The lowest BCUT2D eigenvalue weighted by atomic mass is 10.1. The van der Waals surface area contributed by atoms with E-state index in [1.807, 2.05) is 0 Å². The van der Waals surface area contributed by atoms with Gasteiger partial charge in [0.1, 0.15) is 11.5 Å². The predicted octanol–water partition coefficient (Wildman–Crippen LogP) is 5.29. The van der Waals surface area contributed by atoms with E-state index in [9.17, 15) is 14.8 Å². The highest BCUT2D eigenvalue weighted by Crippen LogP contribution is 2.33. The number of hydroxylamine groups is 3. The molecule has 1 unspecified atom stereocenters. The molecule has 0 bridgehead atoms. The number of unbranched alkanes of at least 4 members (excludes halogenated alkanes) is 1. The normalized spacial score (nSPS) is 15.6. The highest BCUT2D eigenvalue weighted by Gasteiger charge is 2.34. The van der Waals surface area contributed by atoms with E-state index < -0.39 is 5.69 Å². The number of hydrogen-bond acceptors (Lipinski definition) is 7. The fraction of sp³-hybridized carbons (Fsp3) is 0.353. The van der Waals surface area contributed by atoms with E-state index in [-0.39, 0.29) is 28.9 Å². The molecule has 0 saturated heterocycles. The van der Waals surface area contributed by atoms with Gasteiger partial charge in [0, 0.05) is 49.5 Å². The number of fused-ring (bicyclic) bond motifs is 1. The van der Waals surface area contributed by atoms with Crippen molar-refractivity contribution in [1.82, 2.24) is 9.13 Å². The number of methoxy groups -OCH3 is 1. The van der Waals surface area contributed by atoms with Crippen LogP contribution in [0.4, 0.5) is 11.5 Å². The molecule has 1 saturated carbocycles. The van der Waals surface area contributed by atoms with Crippen LogP contribution in [0, 0.1) is 10.6 Å². The largest absolute Gasteiger partial charge is 0.633 e. The molecule has 11 nitrogen and oxygen atoms in total. The molecule has 1 aromatic heterocycles. The Morgan fingerprint density at radius 3 is 2.67 bits per heavy atom. The van der Waals surface area contributed by atoms with Crippen molar-refractivity contribution >= 4 is 23.1 Å². The number of aromatic nitrogens is 2. The minimum atomic E-state index is -0.416. The van der Waals surface area contributed by atoms with Crippen molar-refractivity contribution in [2.75, 3.05) is 44.6 Å². The van der Waals surface area contributed by atoms with Crippen LogP contribution in [0.2, 0.25) is 0 Å². The number of benzene rings is 2. The number of allylic oxidation sites excluding steroid dienone is 1. The molecule has 2 aromatic carbocycles. The van der Waals surface area contributed by atoms with Crippen LogP contribution in [0.25, 0.3) is 11.4 Å². The van der Waals surface area contributed by atoms with Crippen molar-refractivity contribution in [3.63, 3.8) is 0 Å². The summed E-state index contributed by atoms with van der Waals surface area (Å²) in [6.45, 7) is 4.63. The van der Waals surface area contributed by atoms with E-state index in [0.717, 1.165) is 25.7 Å². The van der Waals surface area contributed by atoms with Crippen molar-refractivity contribution in [2.45, 2.75) is 45.6 Å². The van der Waals surface area contributed by atoms with Crippen LogP contribution >= 0.6 is 0 Å². The Hall–Kier alpha value is -4.83. The van der Waals surface area contributed by atoms with Crippen LogP contribution in [-0.2, 0) is 4.79 Å². The molecular weight excluding hydrogens is 572 g/mol. The zero-order valence-electron chi connectivity index (χ0n) is 26.4. The highest BCUT2D eigenvalue weighted by molar-refractivity contribution is 6.13. The molecule has 1 aliphatic carbocycles. The Bertz CT molecular complexity index is 1770. The van der Waals surface area contributed by atoms with E-state index in [1.165, 1.54) is 20.1 Å². The monoisotopic (exact) mass is 612 g/mol. The molecule has 11 heteroatoms. The standard InChI is InChI=1S/C34H40N6O5/c1-6-7-20-45-28-16-13-26(22-29(28)44-5)38-32-31(35)23(2)17-18-36-33(32)39(34(38)42)25-11-8-10-24(21-25)37(3)30(41)12-9-19-40(4,43)27-14-15-27/h8-13,16,18,21-22,27,35-36H,6-7,14-15,19-20H2,1-5H3/b12-9+,35-31?. The number of hydrogen-bond donors (Lipinski definition) is 2. The van der Waals surface area contributed by atoms with Gasteiger partial charge >= 0.3 is 5.69 Å². The zero-order chi connectivity index (χ0) is 32.3. The number of amides is 1. The number of imidazole rings is 1. The summed E-state index contributed by atoms with van der Waals surface area (Å²) >= 11 is 0. The summed E-state index contributed by atoms with van der Waals surface area (Å²) in [5, 5.41) is 24.7. The number of rotatable bonds is 12. The van der Waals surface area contributed by atoms with Crippen LogP contribution in [0.15, 0.2) is 76.9 Å². The third-order valence-corrected chi connectivity index (χ3v) is 8.18. The summed E-state index contributed by atoms with van der Waals surface area (Å²) in [4.78, 5) is 28.8. The molecular formula is C34H40N6O5. The van der Waals surface area contributed by atoms with Crippen molar-refractivity contribution in [2.24, 2.45) is 0 Å². The first-order valence-electron chi connectivity index (χ1n) is 15.1. The van der Waals surface area contributed by atoms with E-state index in [0.29, 0.717) is 52.3 Å². The lowest BCUT2D eigenvalue weighted by molar-refractivity contribution is -0.865. The summed E-state index contributed by atoms with van der Waals surface area (Å²) in [6, 6.07) is 12.4. The van der Waals surface area contributed by atoms with Crippen molar-refractivity contribution in [3.8, 4) is 22.9 Å². The van der Waals surface area contributed by atoms with E-state index in [1.54, 1.807) is 82.9 Å². The number of anilines is 2. The summed E-state index contributed by atoms with van der Waals surface area (Å²) < 4.78 is 14.1. The van der Waals surface area contributed by atoms with Gasteiger partial charge in [-0.3, -0.25) is 14.8 Å². The maximum atomic E-state index is 14.3. The Morgan fingerprint density at radius 1 is 1.20 bits per heavy atom. The second-order valence-electron chi connectivity index (χ2n) is 11.5. The quantitative estimate of drug-likeness (QED) is 0.0941. The number of quaternary nitrogens is 1. The first-order valence-corrected chi connectivity index (χ1v) is 15.1. The molecule has 1 aliphatic heterocycles. The second kappa shape index (κ2) is 13.0. The number of carbonyl (C=O) groups excluding carboxylic acids is 1. The molecule has 1 atom stereocenters. The average molecular weight is 613 g/mol. The summed E-state index contributed by atoms with van der Waals surface area (Å²) in [7, 11) is 4.83. The molecule has 0 radical (unpaired) electrons. The average Bonchev–Trinajstić information content (AvgIpc) is 3.86. The summed E-state index contributed by atoms with van der Waals surface area (Å²) in [5.74, 6) is 1.14. The van der Waals surface area contributed by atoms with E-state index in [2.05, 4.69) is 18.0 Å². The summed E-state index contributed by atoms with van der Waals surface area (Å²) in [6.07, 6.45) is 8.37. The predicted molar refractivity (Wildman–Crippen MR) is 176 cm³/mol. The molecule has 0 spiro atoms. The molecule has 5 rings (SSSR count). The molecule has 2 N–H and O–H groups in total. The van der Waals surface area contributed by atoms with Crippen LogP contribution in [0.5, 0.6) is 11.5 Å².